The number of hydrogen-bond acceptors (Lipinski definition) is 4. The van der Waals surface area contributed by atoms with Crippen molar-refractivity contribution in [3.63, 3.8) is 0 Å². The topological polar surface area (TPSA) is 69.8 Å². The van der Waals surface area contributed by atoms with E-state index in [0.717, 1.165) is 26.7 Å². The van der Waals surface area contributed by atoms with Crippen LogP contribution in [0.4, 0.5) is 16.2 Å². The van der Waals surface area contributed by atoms with E-state index in [1.54, 1.807) is 18.7 Å². The van der Waals surface area contributed by atoms with Crippen LogP contribution in [-0.2, 0) is 0 Å². The van der Waals surface area contributed by atoms with E-state index in [2.05, 4.69) is 4.90 Å². The van der Waals surface area contributed by atoms with E-state index in [-0.39, 0.29) is 0 Å². The van der Waals surface area contributed by atoms with E-state index in [9.17, 15) is 10.0 Å². The second kappa shape index (κ2) is 5.96. The summed E-state index contributed by atoms with van der Waals surface area (Å²) in [5, 5.41) is 10.9. The number of primary amides is 1. The van der Waals surface area contributed by atoms with E-state index in [4.69, 9.17) is 17.3 Å². The van der Waals surface area contributed by atoms with E-state index in [0.29, 0.717) is 10.1 Å². The summed E-state index contributed by atoms with van der Waals surface area (Å²) in [4.78, 5) is 15.4. The zero-order valence-electron chi connectivity index (χ0n) is 12.7. The van der Waals surface area contributed by atoms with Gasteiger partial charge < -0.3 is 10.6 Å². The number of fused-ring (bicyclic) bond motifs is 2. The zero-order chi connectivity index (χ0) is 16.7. The maximum Gasteiger partial charge on any atom is 0.339 e. The Labute approximate surface area is 143 Å². The number of nitrogens with zero attached hydrogens (tertiary/aromatic N) is 2. The van der Waals surface area contributed by atoms with Crippen molar-refractivity contribution < 1.29 is 10.0 Å². The fraction of sp³-hybridized carbons (Fsp3) is 0.188. The fourth-order valence-electron chi connectivity index (χ4n) is 2.56. The molecule has 7 heteroatoms. The van der Waals surface area contributed by atoms with Crippen LogP contribution in [0, 0.1) is 0 Å². The summed E-state index contributed by atoms with van der Waals surface area (Å²) in [7, 11) is 1.97. The van der Waals surface area contributed by atoms with Gasteiger partial charge in [-0.3, -0.25) is 5.21 Å². The molecule has 1 unspecified atom stereocenters. The number of rotatable bonds is 2. The quantitative estimate of drug-likeness (QED) is 0.622. The van der Waals surface area contributed by atoms with Crippen molar-refractivity contribution in [2.75, 3.05) is 11.9 Å². The molecule has 0 aliphatic carbocycles. The molecule has 5 nitrogen and oxygen atoms in total. The molecular weight excluding hydrogens is 334 g/mol. The number of carbonyl (C=O) groups is 1. The average molecular weight is 350 g/mol. The molecule has 2 aromatic carbocycles. The molecular formula is C16H16ClN3O2S. The molecule has 3 rings (SSSR count). The number of anilines is 2. The van der Waals surface area contributed by atoms with Gasteiger partial charge in [0.2, 0.25) is 0 Å². The minimum Gasteiger partial charge on any atom is -0.350 e. The van der Waals surface area contributed by atoms with Gasteiger partial charge in [-0.2, -0.15) is 5.06 Å². The lowest BCUT2D eigenvalue weighted by Gasteiger charge is -2.31. The van der Waals surface area contributed by atoms with Crippen LogP contribution in [0.15, 0.2) is 46.2 Å². The Morgan fingerprint density at radius 1 is 1.26 bits per heavy atom. The third kappa shape index (κ3) is 2.85. The molecule has 0 radical (unpaired) electrons. The first-order chi connectivity index (χ1) is 10.9. The van der Waals surface area contributed by atoms with Crippen molar-refractivity contribution in [3.8, 4) is 0 Å². The summed E-state index contributed by atoms with van der Waals surface area (Å²) in [5.74, 6) is 0. The summed E-state index contributed by atoms with van der Waals surface area (Å²) >= 11 is 7.76. The van der Waals surface area contributed by atoms with Crippen molar-refractivity contribution in [2.24, 2.45) is 5.73 Å². The normalized spacial score (nSPS) is 14.0. The van der Waals surface area contributed by atoms with Gasteiger partial charge in [0.15, 0.2) is 0 Å². The van der Waals surface area contributed by atoms with Gasteiger partial charge in [0.25, 0.3) is 0 Å². The van der Waals surface area contributed by atoms with E-state index >= 15 is 0 Å². The highest BCUT2D eigenvalue weighted by Gasteiger charge is 2.24. The lowest BCUT2D eigenvalue weighted by molar-refractivity contribution is -0.0709. The van der Waals surface area contributed by atoms with Crippen LogP contribution < -0.4 is 10.6 Å². The number of amides is 2. The van der Waals surface area contributed by atoms with Gasteiger partial charge in [0, 0.05) is 21.9 Å². The van der Waals surface area contributed by atoms with Gasteiger partial charge in [0.05, 0.1) is 17.4 Å². The number of benzene rings is 2. The van der Waals surface area contributed by atoms with Crippen LogP contribution in [0.25, 0.3) is 0 Å². The molecule has 23 heavy (non-hydrogen) atoms. The molecule has 0 saturated heterocycles. The number of urea groups is 1. The standard InChI is InChI=1S/C16H16ClN3O2S/c1-9(20(22)16(18)21)10-3-5-14-12(7-10)19(2)13-8-11(17)4-6-15(13)23-14/h3-9,22H,1-2H3,(H2,18,21). The first kappa shape index (κ1) is 16.0. The molecule has 2 amide bonds. The summed E-state index contributed by atoms with van der Waals surface area (Å²) in [6.07, 6.45) is 0. The first-order valence-corrected chi connectivity index (χ1v) is 8.20. The van der Waals surface area contributed by atoms with Crippen LogP contribution >= 0.6 is 23.4 Å². The molecule has 0 saturated carbocycles. The third-order valence-electron chi connectivity index (χ3n) is 3.92. The highest BCUT2D eigenvalue weighted by Crippen LogP contribution is 2.48. The predicted octanol–water partition coefficient (Wildman–Crippen LogP) is 4.40. The molecule has 120 valence electrons. The molecule has 1 heterocycles. The zero-order valence-corrected chi connectivity index (χ0v) is 14.2. The minimum absolute atomic E-state index is 0.530. The molecule has 0 fully saturated rings. The maximum atomic E-state index is 11.1. The van der Waals surface area contributed by atoms with Crippen molar-refractivity contribution in [3.05, 3.63) is 47.0 Å². The van der Waals surface area contributed by atoms with E-state index in [1.165, 1.54) is 0 Å². The molecule has 2 aromatic rings. The van der Waals surface area contributed by atoms with Gasteiger partial charge in [0.1, 0.15) is 0 Å². The fourth-order valence-corrected chi connectivity index (χ4v) is 3.84. The Balaban J connectivity index is 2.00. The lowest BCUT2D eigenvalue weighted by Crippen LogP contribution is -2.34. The summed E-state index contributed by atoms with van der Waals surface area (Å²) in [5.41, 5.74) is 7.94. The number of carbonyl (C=O) groups excluding carboxylic acids is 1. The van der Waals surface area contributed by atoms with Gasteiger partial charge in [-0.05, 0) is 42.8 Å². The maximum absolute atomic E-state index is 11.1. The average Bonchev–Trinajstić information content (AvgIpc) is 2.54. The molecule has 0 aromatic heterocycles. The Kier molecular flexibility index (Phi) is 4.14. The van der Waals surface area contributed by atoms with Crippen LogP contribution in [0.3, 0.4) is 0 Å². The number of halogens is 1. The van der Waals surface area contributed by atoms with Gasteiger partial charge >= 0.3 is 6.03 Å². The van der Waals surface area contributed by atoms with Crippen LogP contribution in [-0.4, -0.2) is 23.3 Å². The number of hydrogen-bond donors (Lipinski definition) is 2. The monoisotopic (exact) mass is 349 g/mol. The molecule has 1 aliphatic heterocycles. The van der Waals surface area contributed by atoms with E-state index in [1.807, 2.05) is 43.4 Å². The first-order valence-electron chi connectivity index (χ1n) is 7.01. The predicted molar refractivity (Wildman–Crippen MR) is 91.7 cm³/mol. The minimum atomic E-state index is -0.880. The molecule has 1 aliphatic rings. The van der Waals surface area contributed by atoms with Gasteiger partial charge in [-0.15, -0.1) is 0 Å². The molecule has 0 spiro atoms. The highest BCUT2D eigenvalue weighted by molar-refractivity contribution is 7.99. The van der Waals surface area contributed by atoms with Gasteiger partial charge in [-0.1, -0.05) is 29.4 Å². The summed E-state index contributed by atoms with van der Waals surface area (Å²) in [6, 6.07) is 10.2. The van der Waals surface area contributed by atoms with Crippen molar-refractivity contribution >= 4 is 40.8 Å². The Morgan fingerprint density at radius 2 is 1.87 bits per heavy atom. The lowest BCUT2D eigenvalue weighted by atomic mass is 10.1. The Bertz CT molecular complexity index is 784. The highest BCUT2D eigenvalue weighted by atomic mass is 35.5. The second-order valence-electron chi connectivity index (χ2n) is 5.36. The molecule has 3 N–H and O–H groups in total. The van der Waals surface area contributed by atoms with Crippen LogP contribution in [0.2, 0.25) is 5.02 Å². The largest absolute Gasteiger partial charge is 0.350 e. The Morgan fingerprint density at radius 3 is 2.52 bits per heavy atom. The molecule has 0 bridgehead atoms. The van der Waals surface area contributed by atoms with Gasteiger partial charge in [-0.25, -0.2) is 4.79 Å². The summed E-state index contributed by atoms with van der Waals surface area (Å²) < 4.78 is 0. The smallest absolute Gasteiger partial charge is 0.339 e. The van der Waals surface area contributed by atoms with Crippen molar-refractivity contribution in [1.29, 1.82) is 0 Å². The molecule has 1 atom stereocenters. The van der Waals surface area contributed by atoms with Crippen molar-refractivity contribution in [1.82, 2.24) is 5.06 Å². The second-order valence-corrected chi connectivity index (χ2v) is 6.88. The van der Waals surface area contributed by atoms with Crippen LogP contribution in [0.1, 0.15) is 18.5 Å². The SMILES string of the molecule is CC(c1ccc2c(c1)N(C)c1cc(Cl)ccc1S2)N(O)C(N)=O. The summed E-state index contributed by atoms with van der Waals surface area (Å²) in [6.45, 7) is 1.72. The van der Waals surface area contributed by atoms with Crippen molar-refractivity contribution in [2.45, 2.75) is 22.8 Å². The van der Waals surface area contributed by atoms with E-state index < -0.39 is 12.1 Å². The van der Waals surface area contributed by atoms with Crippen LogP contribution in [0.5, 0.6) is 0 Å². The number of nitrogens with two attached hydrogens (primary N) is 1. The Hall–Kier alpha value is -1.89. The third-order valence-corrected chi connectivity index (χ3v) is 5.29. The number of hydroxylamine groups is 2.